The van der Waals surface area contributed by atoms with Gasteiger partial charge in [0.25, 0.3) is 5.91 Å². The third kappa shape index (κ3) is 2.78. The molecule has 24 heavy (non-hydrogen) atoms. The van der Waals surface area contributed by atoms with Crippen LogP contribution in [0.1, 0.15) is 23.2 Å². The second-order valence-electron chi connectivity index (χ2n) is 6.10. The van der Waals surface area contributed by atoms with Gasteiger partial charge < -0.3 is 14.7 Å². The first-order chi connectivity index (χ1) is 11.7. The molecule has 2 N–H and O–H groups in total. The lowest BCUT2D eigenvalue weighted by molar-refractivity contribution is 0.0935. The molecule has 0 radical (unpaired) electrons. The van der Waals surface area contributed by atoms with Crippen LogP contribution in [-0.4, -0.2) is 16.9 Å². The first-order valence-electron chi connectivity index (χ1n) is 8.05. The molecule has 4 rings (SSSR count). The fraction of sp³-hybridized carbons (Fsp3) is 0.150. The predicted octanol–water partition coefficient (Wildman–Crippen LogP) is 4.28. The second kappa shape index (κ2) is 5.89. The Kier molecular flexibility index (Phi) is 3.58. The molecular formula is C20H18N2O2. The van der Waals surface area contributed by atoms with Crippen molar-refractivity contribution in [3.05, 3.63) is 72.1 Å². The van der Waals surface area contributed by atoms with Gasteiger partial charge in [-0.1, -0.05) is 36.4 Å². The highest BCUT2D eigenvalue weighted by Gasteiger charge is 2.14. The van der Waals surface area contributed by atoms with Gasteiger partial charge in [-0.2, -0.15) is 0 Å². The van der Waals surface area contributed by atoms with Crippen LogP contribution < -0.4 is 5.32 Å². The number of rotatable bonds is 4. The molecule has 0 saturated heterocycles. The highest BCUT2D eigenvalue weighted by atomic mass is 16.3. The van der Waals surface area contributed by atoms with E-state index in [-0.39, 0.29) is 11.9 Å². The molecule has 0 fully saturated rings. The van der Waals surface area contributed by atoms with Crippen LogP contribution in [0.2, 0.25) is 0 Å². The molecule has 0 aliphatic rings. The lowest BCUT2D eigenvalue weighted by atomic mass is 10.1. The van der Waals surface area contributed by atoms with E-state index in [1.807, 2.05) is 67.6 Å². The van der Waals surface area contributed by atoms with E-state index in [4.69, 9.17) is 4.42 Å². The minimum atomic E-state index is -0.102. The molecule has 1 amide bonds. The van der Waals surface area contributed by atoms with Gasteiger partial charge in [0.15, 0.2) is 0 Å². The molecule has 0 aliphatic heterocycles. The maximum absolute atomic E-state index is 12.4. The third-order valence-electron chi connectivity index (χ3n) is 4.14. The number of nitrogens with one attached hydrogen (secondary N) is 2. The smallest absolute Gasteiger partial charge is 0.267 e. The van der Waals surface area contributed by atoms with Gasteiger partial charge >= 0.3 is 0 Å². The molecule has 4 nitrogen and oxygen atoms in total. The van der Waals surface area contributed by atoms with Crippen molar-refractivity contribution in [1.82, 2.24) is 10.3 Å². The third-order valence-corrected chi connectivity index (χ3v) is 4.14. The maximum Gasteiger partial charge on any atom is 0.267 e. The van der Waals surface area contributed by atoms with Crippen molar-refractivity contribution in [2.24, 2.45) is 0 Å². The van der Waals surface area contributed by atoms with E-state index in [0.717, 1.165) is 27.6 Å². The minimum Gasteiger partial charge on any atom is -0.461 e. The van der Waals surface area contributed by atoms with Crippen molar-refractivity contribution in [3.63, 3.8) is 0 Å². The normalized spacial score (nSPS) is 12.5. The average molecular weight is 318 g/mol. The molecule has 0 aliphatic carbocycles. The zero-order valence-electron chi connectivity index (χ0n) is 13.4. The fourth-order valence-electron chi connectivity index (χ4n) is 2.99. The first-order valence-corrected chi connectivity index (χ1v) is 8.05. The predicted molar refractivity (Wildman–Crippen MR) is 95.1 cm³/mol. The molecule has 2 aromatic heterocycles. The lowest BCUT2D eigenvalue weighted by Crippen LogP contribution is -2.34. The average Bonchev–Trinajstić information content (AvgIpc) is 3.17. The van der Waals surface area contributed by atoms with E-state index in [2.05, 4.69) is 10.3 Å². The Labute approximate surface area is 139 Å². The number of amides is 1. The van der Waals surface area contributed by atoms with Crippen molar-refractivity contribution in [3.8, 4) is 0 Å². The summed E-state index contributed by atoms with van der Waals surface area (Å²) in [5, 5.41) is 5.14. The van der Waals surface area contributed by atoms with Crippen LogP contribution in [0.15, 0.2) is 65.1 Å². The number of hydrogen-bond acceptors (Lipinski definition) is 2. The van der Waals surface area contributed by atoms with Crippen LogP contribution in [0.25, 0.3) is 21.9 Å². The van der Waals surface area contributed by atoms with Gasteiger partial charge in [-0.3, -0.25) is 4.79 Å². The summed E-state index contributed by atoms with van der Waals surface area (Å²) < 4.78 is 5.81. The number of furan rings is 1. The van der Waals surface area contributed by atoms with E-state index in [1.54, 1.807) is 0 Å². The molecule has 2 heterocycles. The zero-order valence-corrected chi connectivity index (χ0v) is 13.4. The van der Waals surface area contributed by atoms with Crippen LogP contribution in [0.5, 0.6) is 0 Å². The largest absolute Gasteiger partial charge is 0.461 e. The van der Waals surface area contributed by atoms with Crippen molar-refractivity contribution >= 4 is 27.8 Å². The Hall–Kier alpha value is -3.01. The summed E-state index contributed by atoms with van der Waals surface area (Å²) in [6, 6.07) is 19.7. The first kappa shape index (κ1) is 14.6. The van der Waals surface area contributed by atoms with E-state index < -0.39 is 0 Å². The molecular weight excluding hydrogens is 300 g/mol. The quantitative estimate of drug-likeness (QED) is 0.590. The van der Waals surface area contributed by atoms with Crippen LogP contribution in [-0.2, 0) is 6.42 Å². The summed E-state index contributed by atoms with van der Waals surface area (Å²) in [7, 11) is 0. The van der Waals surface area contributed by atoms with Crippen LogP contribution >= 0.6 is 0 Å². The van der Waals surface area contributed by atoms with Crippen molar-refractivity contribution in [2.75, 3.05) is 0 Å². The van der Waals surface area contributed by atoms with Crippen molar-refractivity contribution in [1.29, 1.82) is 0 Å². The fourth-order valence-corrected chi connectivity index (χ4v) is 2.99. The topological polar surface area (TPSA) is 58.0 Å². The molecule has 1 atom stereocenters. The number of aromatic amines is 1. The number of benzene rings is 2. The van der Waals surface area contributed by atoms with Gasteiger partial charge in [-0.25, -0.2) is 0 Å². The minimum absolute atomic E-state index is 0.0236. The summed E-state index contributed by atoms with van der Waals surface area (Å²) in [5.74, 6) is 0.774. The Morgan fingerprint density at radius 2 is 1.83 bits per heavy atom. The Morgan fingerprint density at radius 1 is 1.08 bits per heavy atom. The van der Waals surface area contributed by atoms with E-state index >= 15 is 0 Å². The number of para-hydroxylation sites is 2. The monoisotopic (exact) mass is 318 g/mol. The molecule has 4 heteroatoms. The Bertz CT molecular complexity index is 947. The maximum atomic E-state index is 12.4. The van der Waals surface area contributed by atoms with E-state index in [9.17, 15) is 4.79 Å². The molecule has 0 unspecified atom stereocenters. The van der Waals surface area contributed by atoms with Crippen LogP contribution in [0.3, 0.4) is 0 Å². The van der Waals surface area contributed by atoms with Crippen molar-refractivity contribution in [2.45, 2.75) is 19.4 Å². The van der Waals surface area contributed by atoms with Gasteiger partial charge in [0.05, 0.1) is 0 Å². The number of fused-ring (bicyclic) bond motifs is 2. The van der Waals surface area contributed by atoms with Gasteiger partial charge in [-0.15, -0.1) is 0 Å². The molecule has 0 bridgehead atoms. The highest BCUT2D eigenvalue weighted by molar-refractivity contribution is 5.98. The molecule has 0 saturated carbocycles. The van der Waals surface area contributed by atoms with E-state index in [1.165, 1.54) is 0 Å². The lowest BCUT2D eigenvalue weighted by Gasteiger charge is -2.11. The molecule has 0 spiro atoms. The summed E-state index contributed by atoms with van der Waals surface area (Å²) in [6.07, 6.45) is 0.653. The summed E-state index contributed by atoms with van der Waals surface area (Å²) in [4.78, 5) is 15.6. The number of carbonyl (C=O) groups is 1. The summed E-state index contributed by atoms with van der Waals surface area (Å²) >= 11 is 0. The summed E-state index contributed by atoms with van der Waals surface area (Å²) in [6.45, 7) is 1.98. The summed E-state index contributed by atoms with van der Waals surface area (Å²) in [5.41, 5.74) is 2.42. The zero-order chi connectivity index (χ0) is 16.5. The number of H-pyrrole nitrogens is 1. The van der Waals surface area contributed by atoms with Gasteiger partial charge in [0.1, 0.15) is 17.0 Å². The molecule has 2 aromatic carbocycles. The number of carbonyl (C=O) groups excluding carboxylic acids is 1. The standard InChI is InChI=1S/C20H18N2O2/c1-13(10-16-11-15-7-3-5-9-19(15)24-16)21-20(23)18-12-14-6-2-4-8-17(14)22-18/h2-9,11-13,22H,10H2,1H3,(H,21,23)/t13-/m0/s1. The number of hydrogen-bond donors (Lipinski definition) is 2. The highest BCUT2D eigenvalue weighted by Crippen LogP contribution is 2.20. The van der Waals surface area contributed by atoms with Gasteiger partial charge in [0.2, 0.25) is 0 Å². The Balaban J connectivity index is 1.46. The molecule has 4 aromatic rings. The molecule has 120 valence electrons. The van der Waals surface area contributed by atoms with Crippen molar-refractivity contribution < 1.29 is 9.21 Å². The van der Waals surface area contributed by atoms with Gasteiger partial charge in [-0.05, 0) is 31.2 Å². The SMILES string of the molecule is C[C@@H](Cc1cc2ccccc2o1)NC(=O)c1cc2ccccc2[nH]1. The van der Waals surface area contributed by atoms with Crippen LogP contribution in [0.4, 0.5) is 0 Å². The van der Waals surface area contributed by atoms with Crippen LogP contribution in [0, 0.1) is 0 Å². The second-order valence-corrected chi connectivity index (χ2v) is 6.10. The Morgan fingerprint density at radius 3 is 2.62 bits per heavy atom. The van der Waals surface area contributed by atoms with E-state index in [0.29, 0.717) is 12.1 Å². The van der Waals surface area contributed by atoms with Gasteiger partial charge in [0, 0.05) is 28.8 Å². The number of aromatic nitrogens is 1.